The molecule has 10 nitrogen and oxygen atoms in total. The lowest BCUT2D eigenvalue weighted by Crippen LogP contribution is -2.26. The first-order chi connectivity index (χ1) is 20.6. The zero-order valence-electron chi connectivity index (χ0n) is 25.6. The Kier molecular flexibility index (Phi) is 12.5. The molecule has 3 aromatic rings. The number of anilines is 1. The van der Waals surface area contributed by atoms with Crippen molar-refractivity contribution in [3.8, 4) is 0 Å². The fraction of sp³-hybridized carbons (Fsp3) is 0.273. The van der Waals surface area contributed by atoms with Crippen molar-refractivity contribution >= 4 is 41.5 Å². The van der Waals surface area contributed by atoms with Gasteiger partial charge in [0, 0.05) is 50.1 Å². The third kappa shape index (κ3) is 8.00. The molecule has 43 heavy (non-hydrogen) atoms. The van der Waals surface area contributed by atoms with Crippen molar-refractivity contribution in [2.75, 3.05) is 33.0 Å². The second kappa shape index (κ2) is 15.8. The summed E-state index contributed by atoms with van der Waals surface area (Å²) in [4.78, 5) is 75.4. The lowest BCUT2D eigenvalue weighted by Gasteiger charge is -2.13. The second-order valence-electron chi connectivity index (χ2n) is 9.21. The average Bonchev–Trinajstić information content (AvgIpc) is 3.25. The molecule has 0 saturated carbocycles. The molecule has 5 amide bonds. The van der Waals surface area contributed by atoms with Gasteiger partial charge in [0.15, 0.2) is 6.29 Å². The lowest BCUT2D eigenvalue weighted by atomic mass is 10.0. The molecule has 1 aliphatic heterocycles. The highest BCUT2D eigenvalue weighted by molar-refractivity contribution is 6.21. The fourth-order valence-electron chi connectivity index (χ4n) is 4.12. The van der Waals surface area contributed by atoms with E-state index in [1.807, 2.05) is 39.8 Å². The Labute approximate surface area is 252 Å². The third-order valence-corrected chi connectivity index (χ3v) is 6.34. The Morgan fingerprint density at radius 2 is 1.37 bits per heavy atom. The van der Waals surface area contributed by atoms with Gasteiger partial charge < -0.3 is 15.5 Å². The van der Waals surface area contributed by atoms with E-state index in [1.54, 1.807) is 26.2 Å². The zero-order valence-corrected chi connectivity index (χ0v) is 25.6. The van der Waals surface area contributed by atoms with Gasteiger partial charge >= 0.3 is 0 Å². The van der Waals surface area contributed by atoms with Gasteiger partial charge in [0.25, 0.3) is 29.5 Å². The Balaban J connectivity index is 0.00000155. The maximum absolute atomic E-state index is 12.7. The molecule has 0 bridgehead atoms. The van der Waals surface area contributed by atoms with Crippen molar-refractivity contribution in [2.24, 2.45) is 0 Å². The molecule has 2 N–H and O–H groups in total. The molecule has 0 unspecified atom stereocenters. The Bertz CT molecular complexity index is 1510. The van der Waals surface area contributed by atoms with Gasteiger partial charge in [-0.1, -0.05) is 39.8 Å². The van der Waals surface area contributed by atoms with E-state index in [4.69, 9.17) is 0 Å². The molecule has 0 spiro atoms. The number of fused-ring (bicyclic) bond motifs is 1. The first-order valence-electron chi connectivity index (χ1n) is 14.1. The summed E-state index contributed by atoms with van der Waals surface area (Å²) in [5.74, 6) is -1.94. The quantitative estimate of drug-likeness (QED) is 0.290. The predicted octanol–water partition coefficient (Wildman–Crippen LogP) is 4.70. The fourth-order valence-corrected chi connectivity index (χ4v) is 4.12. The minimum Gasteiger partial charge on any atom is -0.352 e. The number of hydrogen-bond acceptors (Lipinski definition) is 6. The second-order valence-corrected chi connectivity index (χ2v) is 9.21. The van der Waals surface area contributed by atoms with Crippen molar-refractivity contribution in [2.45, 2.75) is 34.1 Å². The van der Waals surface area contributed by atoms with Crippen molar-refractivity contribution in [1.29, 1.82) is 0 Å². The molecule has 0 atom stereocenters. The summed E-state index contributed by atoms with van der Waals surface area (Å²) < 4.78 is 0. The molecular formula is C33H38N4O6. The van der Waals surface area contributed by atoms with Crippen molar-refractivity contribution < 1.29 is 28.8 Å². The number of carbonyl (C=O) groups excluding carboxylic acids is 6. The molecule has 0 aromatic heterocycles. The van der Waals surface area contributed by atoms with Crippen LogP contribution >= 0.6 is 0 Å². The molecule has 1 heterocycles. The maximum Gasteiger partial charge on any atom is 0.261 e. The average molecular weight is 587 g/mol. The lowest BCUT2D eigenvalue weighted by molar-refractivity contribution is 0.0691. The van der Waals surface area contributed by atoms with Crippen molar-refractivity contribution in [3.63, 3.8) is 0 Å². The minimum atomic E-state index is -0.433. The molecule has 226 valence electrons. The highest BCUT2D eigenvalue weighted by Crippen LogP contribution is 2.23. The van der Waals surface area contributed by atoms with Crippen molar-refractivity contribution in [3.05, 3.63) is 99.6 Å². The van der Waals surface area contributed by atoms with Crippen LogP contribution in [0.2, 0.25) is 0 Å². The molecular weight excluding hydrogens is 548 g/mol. The Morgan fingerprint density at radius 3 is 1.98 bits per heavy atom. The van der Waals surface area contributed by atoms with Crippen LogP contribution in [0, 0.1) is 0 Å². The largest absolute Gasteiger partial charge is 0.352 e. The molecule has 0 fully saturated rings. The molecule has 3 aromatic carbocycles. The number of aldehydes is 1. The van der Waals surface area contributed by atoms with E-state index in [0.717, 1.165) is 10.5 Å². The van der Waals surface area contributed by atoms with Gasteiger partial charge in [-0.05, 0) is 60.5 Å². The predicted molar refractivity (Wildman–Crippen MR) is 166 cm³/mol. The molecule has 0 saturated heterocycles. The van der Waals surface area contributed by atoms with E-state index in [-0.39, 0.29) is 45.5 Å². The summed E-state index contributed by atoms with van der Waals surface area (Å²) in [5, 5.41) is 5.56. The van der Waals surface area contributed by atoms with Crippen molar-refractivity contribution in [1.82, 2.24) is 15.1 Å². The van der Waals surface area contributed by atoms with Gasteiger partial charge in [-0.2, -0.15) is 0 Å². The summed E-state index contributed by atoms with van der Waals surface area (Å²) in [6.45, 7) is 8.33. The number of imide groups is 1. The van der Waals surface area contributed by atoms with E-state index in [1.165, 1.54) is 48.3 Å². The van der Waals surface area contributed by atoms with Crippen LogP contribution in [0.25, 0.3) is 0 Å². The van der Waals surface area contributed by atoms with Gasteiger partial charge in [-0.25, -0.2) is 0 Å². The third-order valence-electron chi connectivity index (χ3n) is 6.34. The minimum absolute atomic E-state index is 0.131. The van der Waals surface area contributed by atoms with Crippen LogP contribution in [-0.2, 0) is 6.42 Å². The molecule has 4 rings (SSSR count). The molecule has 10 heteroatoms. The number of nitrogens with zero attached hydrogens (tertiary/aromatic N) is 2. The van der Waals surface area contributed by atoms with E-state index >= 15 is 0 Å². The highest BCUT2D eigenvalue weighted by atomic mass is 16.2. The topological polar surface area (TPSA) is 133 Å². The number of benzene rings is 3. The van der Waals surface area contributed by atoms with Gasteiger partial charge in [0.2, 0.25) is 0 Å². The normalized spacial score (nSPS) is 11.3. The number of hydrogen-bond donors (Lipinski definition) is 2. The monoisotopic (exact) mass is 586 g/mol. The number of carbonyl (C=O) groups is 6. The molecule has 0 radical (unpaired) electrons. The van der Waals surface area contributed by atoms with Crippen LogP contribution in [0.5, 0.6) is 0 Å². The van der Waals surface area contributed by atoms with E-state index < -0.39 is 11.8 Å². The smallest absolute Gasteiger partial charge is 0.261 e. The number of nitrogens with one attached hydrogen (secondary N) is 2. The summed E-state index contributed by atoms with van der Waals surface area (Å²) in [7, 11) is 4.56. The van der Waals surface area contributed by atoms with Crippen LogP contribution in [-0.4, -0.2) is 73.3 Å². The van der Waals surface area contributed by atoms with Gasteiger partial charge in [0.05, 0.1) is 16.7 Å². The summed E-state index contributed by atoms with van der Waals surface area (Å²) >= 11 is 0. The van der Waals surface area contributed by atoms with Gasteiger partial charge in [0.1, 0.15) is 0 Å². The first-order valence-corrected chi connectivity index (χ1v) is 14.1. The SMILES string of the molecule is CC.CC.CN(C)C(=O)c1ccc(C(=O)Nc2ccc(CCNC(=O)c3ccc4c(c3)C(=O)N(C)C4=O)cc2)cc1C=O. The number of rotatable bonds is 8. The Morgan fingerprint density at radius 1 is 0.791 bits per heavy atom. The molecule has 0 aliphatic carbocycles. The van der Waals surface area contributed by atoms with E-state index in [9.17, 15) is 28.8 Å². The number of amides is 5. The van der Waals surface area contributed by atoms with Crippen LogP contribution in [0.3, 0.4) is 0 Å². The van der Waals surface area contributed by atoms with Gasteiger partial charge in [-0.15, -0.1) is 0 Å². The van der Waals surface area contributed by atoms with Crippen LogP contribution in [0.1, 0.15) is 95.4 Å². The molecule has 1 aliphatic rings. The first kappa shape index (κ1) is 34.1. The standard InChI is InChI=1S/C29H26N4O6.2C2H6/c1-32(2)27(37)22-10-6-18(14-20(22)16-34)26(36)31-21-8-4-17(5-9-21)12-13-30-25(35)19-7-11-23-24(15-19)29(39)33(3)28(23)38;2*1-2/h4-11,14-16H,12-13H2,1-3H3,(H,30,35)(H,31,36);2*1-2H3. The summed E-state index contributed by atoms with van der Waals surface area (Å²) in [5.41, 5.74) is 2.83. The van der Waals surface area contributed by atoms with Crippen LogP contribution in [0.15, 0.2) is 60.7 Å². The zero-order chi connectivity index (χ0) is 32.3. The summed E-state index contributed by atoms with van der Waals surface area (Å²) in [6.07, 6.45) is 1.07. The van der Waals surface area contributed by atoms with E-state index in [2.05, 4.69) is 10.6 Å². The highest BCUT2D eigenvalue weighted by Gasteiger charge is 2.33. The maximum atomic E-state index is 12.7. The summed E-state index contributed by atoms with van der Waals surface area (Å²) in [6, 6.07) is 15.8. The van der Waals surface area contributed by atoms with E-state index in [0.29, 0.717) is 30.5 Å². The van der Waals surface area contributed by atoms with Crippen LogP contribution < -0.4 is 10.6 Å². The van der Waals surface area contributed by atoms with Gasteiger partial charge in [-0.3, -0.25) is 33.7 Å². The van der Waals surface area contributed by atoms with Crippen LogP contribution in [0.4, 0.5) is 5.69 Å². The Hall–Kier alpha value is -5.12.